The maximum atomic E-state index is 14.0. The molecule has 3 amide bonds. The molecule has 8 rings (SSSR count). The fourth-order valence-electron chi connectivity index (χ4n) is 9.25. The lowest BCUT2D eigenvalue weighted by molar-refractivity contribution is -0.148. The van der Waals surface area contributed by atoms with Crippen LogP contribution in [0.3, 0.4) is 0 Å². The Kier molecular flexibility index (Phi) is 11.5. The normalized spacial score (nSPS) is 19.5. The van der Waals surface area contributed by atoms with E-state index in [9.17, 15) is 19.2 Å². The van der Waals surface area contributed by atoms with Gasteiger partial charge in [0, 0.05) is 32.2 Å². The van der Waals surface area contributed by atoms with E-state index in [4.69, 9.17) is 19.4 Å². The summed E-state index contributed by atoms with van der Waals surface area (Å²) in [5, 5.41) is 2.74. The number of nitrogens with one attached hydrogen (secondary N) is 3. The zero-order chi connectivity index (χ0) is 44.4. The van der Waals surface area contributed by atoms with Crippen LogP contribution in [0, 0.1) is 28.6 Å². The van der Waals surface area contributed by atoms with E-state index < -0.39 is 18.1 Å². The van der Waals surface area contributed by atoms with Crippen LogP contribution >= 0.6 is 22.7 Å². The standard InChI is InChI=1S/C47H57N7O6S2/c1-24(2)28(17-39(55)59-9)43(56)53-22-46(5,6)20-33(53)41-48-29-13-11-26(15-31(29)50-41)35-18-37-38(61-35)19-36(62-37)27-12-14-30-32(16-27)51-42(49-30)34-21-47(7,8)23-54(34)44(57)40(25(3)4)52-45(58)60-10/h11-16,18-19,24-25,28,33-34,40H,17,20-23H2,1-10H3,(H,48,50)(H,49,51)(H,52,58)/t28-,33-,34-,40-/m0/s1. The van der Waals surface area contributed by atoms with Crippen LogP contribution in [0.15, 0.2) is 48.5 Å². The smallest absolute Gasteiger partial charge is 0.407 e. The lowest BCUT2D eigenvalue weighted by atomic mass is 9.90. The number of hydrogen-bond acceptors (Lipinski definition) is 10. The number of esters is 1. The number of benzene rings is 2. The van der Waals surface area contributed by atoms with Crippen molar-refractivity contribution in [3.8, 4) is 20.9 Å². The number of carbonyl (C=O) groups excluding carboxylic acids is 4. The molecule has 4 atom stereocenters. The van der Waals surface area contributed by atoms with Crippen molar-refractivity contribution in [1.29, 1.82) is 0 Å². The summed E-state index contributed by atoms with van der Waals surface area (Å²) in [5.74, 6) is 0.347. The molecule has 6 heterocycles. The second kappa shape index (κ2) is 16.4. The highest BCUT2D eigenvalue weighted by molar-refractivity contribution is 7.31. The first-order chi connectivity index (χ1) is 29.3. The predicted molar refractivity (Wildman–Crippen MR) is 245 cm³/mol. The SMILES string of the molecule is COC(=O)C[C@H](C(=O)N1CC(C)(C)C[C@H]1c1nc2ccc(-c3cc4sc(-c5ccc6nc([C@@H]7CC(C)(C)CN7C(=O)[C@@H](NC(=O)OC)C(C)C)[nH]c6c5)cc4s3)cc2[nH]1)C(C)C. The minimum Gasteiger partial charge on any atom is -0.469 e. The van der Waals surface area contributed by atoms with Gasteiger partial charge in [-0.3, -0.25) is 14.4 Å². The number of thiophene rings is 2. The number of fused-ring (bicyclic) bond motifs is 3. The molecule has 0 unspecified atom stereocenters. The summed E-state index contributed by atoms with van der Waals surface area (Å²) in [7, 11) is 2.66. The second-order valence-corrected chi connectivity index (χ2v) is 21.5. The van der Waals surface area contributed by atoms with Crippen LogP contribution < -0.4 is 5.32 Å². The Balaban J connectivity index is 1.02. The molecule has 0 aliphatic carbocycles. The number of amides is 3. The number of aromatic amines is 2. The van der Waals surface area contributed by atoms with Gasteiger partial charge in [-0.15, -0.1) is 22.7 Å². The van der Waals surface area contributed by atoms with E-state index in [-0.39, 0.29) is 59.0 Å². The number of carbonyl (C=O) groups is 4. The first-order valence-electron chi connectivity index (χ1n) is 21.4. The lowest BCUT2D eigenvalue weighted by Gasteiger charge is -2.30. The van der Waals surface area contributed by atoms with Crippen molar-refractivity contribution in [1.82, 2.24) is 35.1 Å². The van der Waals surface area contributed by atoms with Gasteiger partial charge in [0.1, 0.15) is 17.7 Å². The number of nitrogens with zero attached hydrogens (tertiary/aromatic N) is 4. The van der Waals surface area contributed by atoms with Gasteiger partial charge >= 0.3 is 12.1 Å². The minimum atomic E-state index is -0.714. The highest BCUT2D eigenvalue weighted by atomic mass is 32.1. The Bertz CT molecular complexity index is 2480. The summed E-state index contributed by atoms with van der Waals surface area (Å²) in [6.07, 6.45) is 0.939. The first kappa shape index (κ1) is 43.4. The number of imidazole rings is 2. The van der Waals surface area contributed by atoms with E-state index in [0.29, 0.717) is 13.1 Å². The summed E-state index contributed by atoms with van der Waals surface area (Å²) < 4.78 is 12.2. The molecule has 4 aromatic heterocycles. The van der Waals surface area contributed by atoms with Gasteiger partial charge in [0.05, 0.1) is 60.7 Å². The van der Waals surface area contributed by atoms with Gasteiger partial charge in [0.2, 0.25) is 11.8 Å². The molecule has 13 nitrogen and oxygen atoms in total. The monoisotopic (exact) mass is 879 g/mol. The van der Waals surface area contributed by atoms with Crippen LogP contribution in [0.4, 0.5) is 4.79 Å². The molecule has 2 saturated heterocycles. The number of hydrogen-bond donors (Lipinski definition) is 3. The Morgan fingerprint density at radius 2 is 1.21 bits per heavy atom. The largest absolute Gasteiger partial charge is 0.469 e. The number of rotatable bonds is 11. The molecule has 0 spiro atoms. The third-order valence-electron chi connectivity index (χ3n) is 12.5. The number of ether oxygens (including phenoxy) is 2. The summed E-state index contributed by atoms with van der Waals surface area (Å²) >= 11 is 3.50. The number of H-pyrrole nitrogens is 2. The van der Waals surface area contributed by atoms with Crippen molar-refractivity contribution in [2.24, 2.45) is 28.6 Å². The summed E-state index contributed by atoms with van der Waals surface area (Å²) in [4.78, 5) is 75.6. The van der Waals surface area contributed by atoms with E-state index >= 15 is 0 Å². The molecule has 2 fully saturated rings. The Morgan fingerprint density at radius 3 is 1.65 bits per heavy atom. The number of alkyl carbamates (subject to hydrolysis) is 1. The van der Waals surface area contributed by atoms with Gasteiger partial charge in [-0.05, 0) is 83.0 Å². The van der Waals surface area contributed by atoms with Crippen molar-refractivity contribution in [3.05, 3.63) is 60.2 Å². The van der Waals surface area contributed by atoms with E-state index in [1.807, 2.05) is 49.6 Å². The maximum Gasteiger partial charge on any atom is 0.407 e. The molecule has 2 aliphatic heterocycles. The fourth-order valence-corrected chi connectivity index (χ4v) is 11.6. The molecule has 2 aromatic carbocycles. The Labute approximate surface area is 370 Å². The minimum absolute atomic E-state index is 0.0152. The zero-order valence-corrected chi connectivity index (χ0v) is 38.8. The molecule has 2 aliphatic rings. The molecule has 0 bridgehead atoms. The summed E-state index contributed by atoms with van der Waals surface area (Å²) in [6, 6.07) is 15.9. The number of methoxy groups -OCH3 is 2. The van der Waals surface area contributed by atoms with Crippen LogP contribution in [0.25, 0.3) is 52.3 Å². The maximum absolute atomic E-state index is 14.0. The van der Waals surface area contributed by atoms with Gasteiger partial charge in [-0.2, -0.15) is 0 Å². The fraction of sp³-hybridized carbons (Fsp3) is 0.489. The van der Waals surface area contributed by atoms with Gasteiger partial charge < -0.3 is 34.6 Å². The topological polar surface area (TPSA) is 163 Å². The van der Waals surface area contributed by atoms with Gasteiger partial charge in [-0.25, -0.2) is 14.8 Å². The lowest BCUT2D eigenvalue weighted by Crippen LogP contribution is -2.51. The van der Waals surface area contributed by atoms with Crippen molar-refractivity contribution >= 4 is 78.0 Å². The van der Waals surface area contributed by atoms with E-state index in [1.165, 1.54) is 23.6 Å². The molecule has 3 N–H and O–H groups in total. The number of aromatic nitrogens is 4. The molecule has 15 heteroatoms. The zero-order valence-electron chi connectivity index (χ0n) is 37.2. The predicted octanol–water partition coefficient (Wildman–Crippen LogP) is 9.86. The molecule has 62 heavy (non-hydrogen) atoms. The molecule has 0 radical (unpaired) electrons. The summed E-state index contributed by atoms with van der Waals surface area (Å²) in [5.41, 5.74) is 5.45. The van der Waals surface area contributed by atoms with Crippen molar-refractivity contribution in [3.63, 3.8) is 0 Å². The molecule has 328 valence electrons. The molecule has 0 saturated carbocycles. The second-order valence-electron chi connectivity index (χ2n) is 19.3. The Morgan fingerprint density at radius 1 is 0.726 bits per heavy atom. The third kappa shape index (κ3) is 8.45. The highest BCUT2D eigenvalue weighted by Crippen LogP contribution is 2.46. The van der Waals surface area contributed by atoms with Crippen molar-refractivity contribution in [2.45, 2.75) is 92.8 Å². The third-order valence-corrected chi connectivity index (χ3v) is 14.9. The van der Waals surface area contributed by atoms with Gasteiger partial charge in [-0.1, -0.05) is 67.5 Å². The highest BCUT2D eigenvalue weighted by Gasteiger charge is 2.46. The average Bonchev–Trinajstić information content (AvgIpc) is 4.07. The van der Waals surface area contributed by atoms with Crippen molar-refractivity contribution < 1.29 is 28.7 Å². The number of likely N-dealkylation sites (tertiary alicyclic amines) is 2. The van der Waals surface area contributed by atoms with Crippen LogP contribution in [-0.4, -0.2) is 87.0 Å². The van der Waals surface area contributed by atoms with Crippen LogP contribution in [-0.2, 0) is 23.9 Å². The molecule has 6 aromatic rings. The van der Waals surface area contributed by atoms with Crippen molar-refractivity contribution in [2.75, 3.05) is 27.3 Å². The van der Waals surface area contributed by atoms with Crippen LogP contribution in [0.2, 0.25) is 0 Å². The quantitative estimate of drug-likeness (QED) is 0.108. The van der Waals surface area contributed by atoms with Gasteiger partial charge in [0.15, 0.2) is 0 Å². The molecular weight excluding hydrogens is 823 g/mol. The van der Waals surface area contributed by atoms with Crippen LogP contribution in [0.5, 0.6) is 0 Å². The van der Waals surface area contributed by atoms with Crippen LogP contribution in [0.1, 0.15) is 98.4 Å². The average molecular weight is 880 g/mol. The molecular formula is C47H57N7O6S2. The van der Waals surface area contributed by atoms with E-state index in [2.05, 4.69) is 79.4 Å². The van der Waals surface area contributed by atoms with E-state index in [1.54, 1.807) is 22.7 Å². The Hall–Kier alpha value is -5.28. The summed E-state index contributed by atoms with van der Waals surface area (Å²) in [6.45, 7) is 17.6. The van der Waals surface area contributed by atoms with E-state index in [0.717, 1.165) is 67.4 Å². The first-order valence-corrected chi connectivity index (χ1v) is 23.0. The van der Waals surface area contributed by atoms with Gasteiger partial charge in [0.25, 0.3) is 0 Å².